The van der Waals surface area contributed by atoms with Crippen LogP contribution in [0.25, 0.3) is 0 Å². The molecule has 6 heteroatoms. The second kappa shape index (κ2) is 7.93. The smallest absolute Gasteiger partial charge is 0.257 e. The third kappa shape index (κ3) is 4.55. The van der Waals surface area contributed by atoms with Crippen LogP contribution in [0, 0.1) is 11.3 Å². The summed E-state index contributed by atoms with van der Waals surface area (Å²) in [5.41, 5.74) is 2.98. The maximum Gasteiger partial charge on any atom is 0.257 e. The summed E-state index contributed by atoms with van der Waals surface area (Å²) in [4.78, 5) is 27.8. The van der Waals surface area contributed by atoms with Crippen molar-refractivity contribution in [2.45, 2.75) is 6.92 Å². The third-order valence-electron chi connectivity index (χ3n) is 3.86. The quantitative estimate of drug-likeness (QED) is 0.670. The van der Waals surface area contributed by atoms with E-state index < -0.39 is 0 Å². The average molecular weight is 356 g/mol. The molecule has 1 heterocycles. The molecular weight excluding hydrogens is 340 g/mol. The van der Waals surface area contributed by atoms with Crippen molar-refractivity contribution in [2.75, 3.05) is 10.6 Å². The number of anilines is 3. The van der Waals surface area contributed by atoms with Gasteiger partial charge in [0.1, 0.15) is 5.82 Å². The minimum absolute atomic E-state index is 0.0114. The van der Waals surface area contributed by atoms with Gasteiger partial charge in [-0.1, -0.05) is 0 Å². The molecule has 0 fully saturated rings. The lowest BCUT2D eigenvalue weighted by Crippen LogP contribution is -2.12. The van der Waals surface area contributed by atoms with Gasteiger partial charge in [0.2, 0.25) is 0 Å². The molecule has 27 heavy (non-hydrogen) atoms. The molecule has 0 saturated carbocycles. The number of pyridine rings is 1. The Morgan fingerprint density at radius 3 is 2.07 bits per heavy atom. The topological polar surface area (TPSA) is 94.9 Å². The average Bonchev–Trinajstić information content (AvgIpc) is 2.69. The number of amides is 1. The van der Waals surface area contributed by atoms with E-state index in [2.05, 4.69) is 15.6 Å². The Hall–Kier alpha value is -3.98. The minimum Gasteiger partial charge on any atom is -0.340 e. The van der Waals surface area contributed by atoms with Crippen LogP contribution in [0.3, 0.4) is 0 Å². The molecule has 132 valence electrons. The number of Topliss-reactive ketones (excluding diaryl/α,β-unsaturated/α-hetero) is 1. The zero-order chi connectivity index (χ0) is 19.2. The summed E-state index contributed by atoms with van der Waals surface area (Å²) in [6.45, 7) is 1.52. The van der Waals surface area contributed by atoms with E-state index in [1.165, 1.54) is 13.1 Å². The molecule has 1 amide bonds. The Kier molecular flexibility index (Phi) is 5.24. The lowest BCUT2D eigenvalue weighted by atomic mass is 10.1. The molecule has 1 aromatic heterocycles. The van der Waals surface area contributed by atoms with Crippen molar-refractivity contribution < 1.29 is 9.59 Å². The first-order valence-electron chi connectivity index (χ1n) is 8.21. The Bertz CT molecular complexity index is 1000. The molecule has 0 atom stereocenters. The SMILES string of the molecule is CC(=O)c1ccc(Nc2ccc(C(=O)Nc3ccc(C#N)cc3)cn2)cc1. The van der Waals surface area contributed by atoms with Crippen molar-refractivity contribution in [1.29, 1.82) is 5.26 Å². The number of nitrogens with one attached hydrogen (secondary N) is 2. The van der Waals surface area contributed by atoms with Crippen LogP contribution in [0.1, 0.15) is 33.2 Å². The van der Waals surface area contributed by atoms with Crippen molar-refractivity contribution in [3.05, 3.63) is 83.6 Å². The largest absolute Gasteiger partial charge is 0.340 e. The number of ketones is 1. The van der Waals surface area contributed by atoms with Crippen molar-refractivity contribution in [3.63, 3.8) is 0 Å². The van der Waals surface area contributed by atoms with Gasteiger partial charge in [0.05, 0.1) is 17.2 Å². The van der Waals surface area contributed by atoms with Crippen molar-refractivity contribution in [3.8, 4) is 6.07 Å². The van der Waals surface area contributed by atoms with E-state index in [4.69, 9.17) is 5.26 Å². The van der Waals surface area contributed by atoms with Crippen LogP contribution in [0.5, 0.6) is 0 Å². The van der Waals surface area contributed by atoms with E-state index in [0.717, 1.165) is 5.69 Å². The minimum atomic E-state index is -0.287. The number of hydrogen-bond donors (Lipinski definition) is 2. The van der Waals surface area contributed by atoms with Crippen LogP contribution in [0.15, 0.2) is 66.9 Å². The highest BCUT2D eigenvalue weighted by Gasteiger charge is 2.07. The number of aromatic nitrogens is 1. The molecule has 3 aromatic rings. The molecule has 0 spiro atoms. The Morgan fingerprint density at radius 1 is 0.889 bits per heavy atom. The van der Waals surface area contributed by atoms with Gasteiger partial charge < -0.3 is 10.6 Å². The summed E-state index contributed by atoms with van der Waals surface area (Å²) in [7, 11) is 0. The van der Waals surface area contributed by atoms with Crippen LogP contribution < -0.4 is 10.6 Å². The van der Waals surface area contributed by atoms with Gasteiger partial charge >= 0.3 is 0 Å². The fourth-order valence-electron chi connectivity index (χ4n) is 2.37. The number of nitriles is 1. The van der Waals surface area contributed by atoms with Gasteiger partial charge in [-0.2, -0.15) is 5.26 Å². The zero-order valence-corrected chi connectivity index (χ0v) is 14.6. The molecule has 0 radical (unpaired) electrons. The van der Waals surface area contributed by atoms with Gasteiger partial charge in [-0.25, -0.2) is 4.98 Å². The lowest BCUT2D eigenvalue weighted by Gasteiger charge is -2.08. The summed E-state index contributed by atoms with van der Waals surface area (Å²) in [6.07, 6.45) is 1.48. The standard InChI is InChI=1S/C21H16N4O2/c1-14(26)16-4-9-18(10-5-16)24-20-11-6-17(13-23-20)21(27)25-19-7-2-15(12-22)3-8-19/h2-11,13H,1H3,(H,23,24)(H,25,27). The Morgan fingerprint density at radius 2 is 1.52 bits per heavy atom. The predicted octanol–water partition coefficient (Wildman–Crippen LogP) is 4.15. The van der Waals surface area contributed by atoms with Crippen LogP contribution in [0.4, 0.5) is 17.2 Å². The van der Waals surface area contributed by atoms with E-state index in [1.807, 2.05) is 6.07 Å². The molecule has 0 unspecified atom stereocenters. The van der Waals surface area contributed by atoms with E-state index in [-0.39, 0.29) is 11.7 Å². The van der Waals surface area contributed by atoms with E-state index in [1.54, 1.807) is 60.7 Å². The second-order valence-corrected chi connectivity index (χ2v) is 5.83. The Labute approximate surface area is 156 Å². The molecule has 0 aliphatic rings. The molecule has 0 aliphatic carbocycles. The van der Waals surface area contributed by atoms with Gasteiger partial charge in [0.15, 0.2) is 5.78 Å². The van der Waals surface area contributed by atoms with Crippen LogP contribution in [-0.2, 0) is 0 Å². The van der Waals surface area contributed by atoms with Crippen molar-refractivity contribution >= 4 is 28.9 Å². The zero-order valence-electron chi connectivity index (χ0n) is 14.6. The summed E-state index contributed by atoms with van der Waals surface area (Å²) < 4.78 is 0. The van der Waals surface area contributed by atoms with Crippen molar-refractivity contribution in [1.82, 2.24) is 4.98 Å². The van der Waals surface area contributed by atoms with Crippen LogP contribution in [-0.4, -0.2) is 16.7 Å². The molecule has 3 rings (SSSR count). The first kappa shape index (κ1) is 17.8. The van der Waals surface area contributed by atoms with Crippen LogP contribution in [0.2, 0.25) is 0 Å². The highest BCUT2D eigenvalue weighted by atomic mass is 16.1. The number of nitrogens with zero attached hydrogens (tertiary/aromatic N) is 2. The first-order valence-corrected chi connectivity index (χ1v) is 8.21. The fraction of sp³-hybridized carbons (Fsp3) is 0.0476. The summed E-state index contributed by atoms with van der Waals surface area (Å²) >= 11 is 0. The second-order valence-electron chi connectivity index (χ2n) is 5.83. The molecule has 2 aromatic carbocycles. The van der Waals surface area contributed by atoms with E-state index in [9.17, 15) is 9.59 Å². The monoisotopic (exact) mass is 356 g/mol. The van der Waals surface area contributed by atoms with Gasteiger partial charge in [-0.05, 0) is 67.6 Å². The lowest BCUT2D eigenvalue weighted by molar-refractivity contribution is 0.101. The number of carbonyl (C=O) groups excluding carboxylic acids is 2. The maximum absolute atomic E-state index is 12.3. The van der Waals surface area contributed by atoms with Gasteiger partial charge in [-0.3, -0.25) is 9.59 Å². The summed E-state index contributed by atoms with van der Waals surface area (Å²) in [6, 6.07) is 19.1. The highest BCUT2D eigenvalue weighted by Crippen LogP contribution is 2.17. The highest BCUT2D eigenvalue weighted by molar-refractivity contribution is 6.04. The van der Waals surface area contributed by atoms with E-state index in [0.29, 0.717) is 28.2 Å². The molecule has 0 saturated heterocycles. The summed E-state index contributed by atoms with van der Waals surface area (Å²) in [5, 5.41) is 14.7. The number of carbonyl (C=O) groups is 2. The molecule has 6 nitrogen and oxygen atoms in total. The summed E-state index contributed by atoms with van der Waals surface area (Å²) in [5.74, 6) is 0.308. The number of hydrogen-bond acceptors (Lipinski definition) is 5. The van der Waals surface area contributed by atoms with Gasteiger partial charge in [0.25, 0.3) is 5.91 Å². The first-order chi connectivity index (χ1) is 13.0. The predicted molar refractivity (Wildman–Crippen MR) is 103 cm³/mol. The normalized spacial score (nSPS) is 9.93. The molecule has 0 aliphatic heterocycles. The third-order valence-corrected chi connectivity index (χ3v) is 3.86. The molecule has 2 N–H and O–H groups in total. The molecular formula is C21H16N4O2. The van der Waals surface area contributed by atoms with Gasteiger partial charge in [0, 0.05) is 23.1 Å². The molecule has 0 bridgehead atoms. The maximum atomic E-state index is 12.3. The van der Waals surface area contributed by atoms with Crippen LogP contribution >= 0.6 is 0 Å². The Balaban J connectivity index is 1.64. The number of benzene rings is 2. The van der Waals surface area contributed by atoms with E-state index >= 15 is 0 Å². The van der Waals surface area contributed by atoms with Gasteiger partial charge in [-0.15, -0.1) is 0 Å². The van der Waals surface area contributed by atoms with Crippen molar-refractivity contribution in [2.24, 2.45) is 0 Å². The fourth-order valence-corrected chi connectivity index (χ4v) is 2.37. The number of rotatable bonds is 5.